The molecule has 2 unspecified atom stereocenters. The molecule has 4 aliphatic rings. The number of hydrogen-bond donors (Lipinski definition) is 0. The number of amides is 6. The van der Waals surface area contributed by atoms with Gasteiger partial charge in [0.15, 0.2) is 0 Å². The van der Waals surface area contributed by atoms with Crippen LogP contribution in [0.5, 0.6) is 46.0 Å². The van der Waals surface area contributed by atoms with E-state index in [1.807, 2.05) is 37.5 Å². The summed E-state index contributed by atoms with van der Waals surface area (Å²) < 4.78 is 59.7. The Hall–Kier alpha value is -13.1. The molecule has 28 nitrogen and oxygen atoms in total. The molecular formula is C88H86N6O22. The monoisotopic (exact) mass is 1580 g/mol. The highest BCUT2D eigenvalue weighted by atomic mass is 16.6. The minimum absolute atomic E-state index is 0.000889. The molecule has 0 radical (unpaired) electrons. The fraction of sp³-hybridized carbons (Fsp3) is 0.318. The third kappa shape index (κ3) is 16.0. The number of methoxy groups -OCH3 is 4. The van der Waals surface area contributed by atoms with E-state index < -0.39 is 83.3 Å². The molecule has 0 bridgehead atoms. The molecular weight excluding hydrogens is 1490 g/mol. The Labute approximate surface area is 667 Å². The van der Waals surface area contributed by atoms with Crippen molar-refractivity contribution in [2.75, 3.05) is 107 Å². The average Bonchev–Trinajstić information content (AvgIpc) is 0.670. The zero-order valence-electron chi connectivity index (χ0n) is 65.8. The van der Waals surface area contributed by atoms with Crippen molar-refractivity contribution in [3.05, 3.63) is 190 Å². The first-order valence-electron chi connectivity index (χ1n) is 37.9. The van der Waals surface area contributed by atoms with Gasteiger partial charge in [-0.15, -0.1) is 0 Å². The molecule has 4 aliphatic heterocycles. The topological polar surface area (TPSA) is 317 Å². The Morgan fingerprint density at radius 1 is 0.353 bits per heavy atom. The van der Waals surface area contributed by atoms with Crippen molar-refractivity contribution in [2.24, 2.45) is 11.8 Å². The second-order valence-electron chi connectivity index (χ2n) is 29.6. The summed E-state index contributed by atoms with van der Waals surface area (Å²) >= 11 is 0. The first kappa shape index (κ1) is 81.0. The van der Waals surface area contributed by atoms with Crippen LogP contribution in [0.15, 0.2) is 146 Å². The fourth-order valence-electron chi connectivity index (χ4n) is 15.2. The maximum absolute atomic E-state index is 16.6. The Balaban J connectivity index is 1.11. The van der Waals surface area contributed by atoms with Crippen LogP contribution in [0.3, 0.4) is 0 Å². The van der Waals surface area contributed by atoms with E-state index in [9.17, 15) is 28.8 Å². The summed E-state index contributed by atoms with van der Waals surface area (Å²) in [4.78, 5) is 184. The standard InChI is InChI=1S/C88H86N6O22/c1-47(2)41-63(81(99)91-33-29-89(30-34-91)37-39-111-83(101)49(5)6)93-77(95)59-43-65(113-55-21-13-51(14-22-55)85(103)107-9)71-73-67(115-57-25-17-53(18-26-57)87(105)109-11)45-61-70-62(80(98)94(79(61)97)64(42-48(3)4)82(100)92-35-31-90(32-36-92)38-40-112-84(102)50(7)8)46-68(116-58-27-19-54(20-28-58)88(106)110-12)74(76(70)73)72-66(44-60(78(93)96)69(59)75(71)72)114-56-23-15-52(16-24-56)86(104)108-10/h13-28,43-48,63-64H,5,7,29-42H2,1-4,6,8-12H3. The number of ether oxygens (including phenoxy) is 10. The smallest absolute Gasteiger partial charge is 0.337 e. The lowest BCUT2D eigenvalue weighted by atomic mass is 9.80. The first-order valence-corrected chi connectivity index (χ1v) is 37.9. The summed E-state index contributed by atoms with van der Waals surface area (Å²) in [5, 5.41) is 0.309. The van der Waals surface area contributed by atoms with Crippen LogP contribution in [-0.2, 0) is 47.6 Å². The van der Waals surface area contributed by atoms with Crippen LogP contribution in [0.4, 0.5) is 0 Å². The number of piperazine rings is 2. The van der Waals surface area contributed by atoms with E-state index in [1.165, 1.54) is 150 Å². The molecule has 0 spiro atoms. The van der Waals surface area contributed by atoms with E-state index >= 15 is 28.8 Å². The van der Waals surface area contributed by atoms with E-state index in [-0.39, 0.29) is 209 Å². The van der Waals surface area contributed by atoms with E-state index in [0.29, 0.717) is 39.3 Å². The van der Waals surface area contributed by atoms with Gasteiger partial charge in [0.2, 0.25) is 11.8 Å². The van der Waals surface area contributed by atoms with Gasteiger partial charge in [0, 0.05) is 120 Å². The van der Waals surface area contributed by atoms with E-state index in [1.54, 1.807) is 23.6 Å². The number of hydrogen-bond acceptors (Lipinski definition) is 24. The Kier molecular flexibility index (Phi) is 23.7. The van der Waals surface area contributed by atoms with Crippen LogP contribution in [0, 0.1) is 11.8 Å². The molecule has 9 aromatic rings. The van der Waals surface area contributed by atoms with Crippen LogP contribution in [0.2, 0.25) is 0 Å². The van der Waals surface area contributed by atoms with E-state index in [4.69, 9.17) is 47.4 Å². The molecule has 4 heterocycles. The van der Waals surface area contributed by atoms with E-state index in [0.717, 1.165) is 9.80 Å². The van der Waals surface area contributed by atoms with Crippen molar-refractivity contribution in [2.45, 2.75) is 66.5 Å². The summed E-state index contributed by atoms with van der Waals surface area (Å²) in [6.45, 7) is 20.8. The lowest BCUT2D eigenvalue weighted by Crippen LogP contribution is -2.58. The van der Waals surface area contributed by atoms with Gasteiger partial charge in [0.25, 0.3) is 23.6 Å². The highest BCUT2D eigenvalue weighted by molar-refractivity contribution is 6.45. The summed E-state index contributed by atoms with van der Waals surface area (Å²) in [6.07, 6.45) is -0.0149. The quantitative estimate of drug-likeness (QED) is 0.0110. The molecule has 2 saturated heterocycles. The molecule has 2 fully saturated rings. The van der Waals surface area contributed by atoms with Crippen LogP contribution < -0.4 is 18.9 Å². The largest absolute Gasteiger partial charge is 0.465 e. The molecule has 0 saturated carbocycles. The van der Waals surface area contributed by atoms with Gasteiger partial charge < -0.3 is 57.2 Å². The number of benzene rings is 9. The number of fused-ring (bicyclic) bond motifs is 2. The van der Waals surface area contributed by atoms with Crippen LogP contribution in [0.1, 0.15) is 137 Å². The Morgan fingerprint density at radius 3 is 0.810 bits per heavy atom. The highest BCUT2D eigenvalue weighted by Gasteiger charge is 2.48. The van der Waals surface area contributed by atoms with Crippen LogP contribution in [0.25, 0.3) is 43.1 Å². The maximum atomic E-state index is 16.6. The van der Waals surface area contributed by atoms with Crippen molar-refractivity contribution in [3.8, 4) is 46.0 Å². The van der Waals surface area contributed by atoms with Gasteiger partial charge in [0.1, 0.15) is 71.3 Å². The lowest BCUT2D eigenvalue weighted by Gasteiger charge is -2.40. The fourth-order valence-corrected chi connectivity index (χ4v) is 15.2. The van der Waals surface area contributed by atoms with Gasteiger partial charge in [-0.25, -0.2) is 28.8 Å². The molecule has 0 N–H and O–H groups in total. The highest BCUT2D eigenvalue weighted by Crippen LogP contribution is 2.58. The molecule has 2 atom stereocenters. The summed E-state index contributed by atoms with van der Waals surface area (Å²) in [6, 6.07) is 26.3. The third-order valence-electron chi connectivity index (χ3n) is 20.9. The molecule has 9 aromatic carbocycles. The van der Waals surface area contributed by atoms with Crippen molar-refractivity contribution < 1.29 is 105 Å². The Morgan fingerprint density at radius 2 is 0.595 bits per heavy atom. The van der Waals surface area contributed by atoms with Gasteiger partial charge in [0.05, 0.1) is 72.9 Å². The third-order valence-corrected chi connectivity index (χ3v) is 20.9. The number of nitrogens with zero attached hydrogens (tertiary/aromatic N) is 6. The van der Waals surface area contributed by atoms with Crippen molar-refractivity contribution in [1.29, 1.82) is 0 Å². The van der Waals surface area contributed by atoms with Gasteiger partial charge in [-0.3, -0.25) is 48.4 Å². The predicted molar refractivity (Wildman–Crippen MR) is 424 cm³/mol. The van der Waals surface area contributed by atoms with Crippen LogP contribution in [-0.4, -0.2) is 220 Å². The normalized spacial score (nSPS) is 14.9. The summed E-state index contributed by atoms with van der Waals surface area (Å²) in [7, 11) is 4.89. The van der Waals surface area contributed by atoms with Gasteiger partial charge in [-0.05, 0) is 160 Å². The predicted octanol–water partition coefficient (Wildman–Crippen LogP) is 12.6. The van der Waals surface area contributed by atoms with Gasteiger partial charge in [-0.1, -0.05) is 40.9 Å². The van der Waals surface area contributed by atoms with Gasteiger partial charge in [-0.2, -0.15) is 0 Å². The zero-order valence-corrected chi connectivity index (χ0v) is 65.8. The maximum Gasteiger partial charge on any atom is 0.337 e. The van der Waals surface area contributed by atoms with Crippen molar-refractivity contribution >= 4 is 114 Å². The Bertz CT molecular complexity index is 4920. The lowest BCUT2D eigenvalue weighted by molar-refractivity contribution is -0.141. The second kappa shape index (κ2) is 33.9. The minimum Gasteiger partial charge on any atom is -0.465 e. The number of imide groups is 2. The molecule has 600 valence electrons. The average molecular weight is 1580 g/mol. The van der Waals surface area contributed by atoms with Crippen molar-refractivity contribution in [3.63, 3.8) is 0 Å². The molecule has 116 heavy (non-hydrogen) atoms. The summed E-state index contributed by atoms with van der Waals surface area (Å²) in [5.41, 5.74) is 0.385. The molecule has 13 rings (SSSR count). The minimum atomic E-state index is -1.43. The van der Waals surface area contributed by atoms with Crippen LogP contribution >= 0.6 is 0 Å². The molecule has 0 aromatic heterocycles. The SMILES string of the molecule is C=C(C)C(=O)OCCN1CCN(C(=O)C(CC(C)C)N2C(=O)c3cc(Oc4ccc(C(=O)OC)cc4)c4c5c(Oc6ccc(C(=O)OC)cc6)cc6c7c(cc(Oc8ccc(C(=O)OC)cc8)c(c8c(Oc9ccc(C(=O)OC)cc9)cc(c3c48)C2=O)c75)C(=O)N(C(CC(C)C)C(=O)N2CCN(CCOC(=O)C(=C)C)CC2)C6=O)CC1. The summed E-state index contributed by atoms with van der Waals surface area (Å²) in [5.74, 6) is -9.42. The first-order chi connectivity index (χ1) is 55.6. The molecule has 28 heteroatoms. The van der Waals surface area contributed by atoms with Crippen molar-refractivity contribution in [1.82, 2.24) is 29.4 Å². The number of rotatable bonds is 28. The zero-order chi connectivity index (χ0) is 82.8. The molecule has 6 amide bonds. The second-order valence-corrected chi connectivity index (χ2v) is 29.6. The molecule has 0 aliphatic carbocycles. The van der Waals surface area contributed by atoms with E-state index in [2.05, 4.69) is 13.2 Å². The van der Waals surface area contributed by atoms with Gasteiger partial charge >= 0.3 is 35.8 Å². The number of carbonyl (C=O) groups is 12. The number of carbonyl (C=O) groups excluding carboxylic acids is 12. The number of esters is 6.